The summed E-state index contributed by atoms with van der Waals surface area (Å²) in [7, 11) is 0. The van der Waals surface area contributed by atoms with E-state index in [0.29, 0.717) is 34.9 Å². The van der Waals surface area contributed by atoms with Crippen LogP contribution < -0.4 is 25.4 Å². The second-order valence-electron chi connectivity index (χ2n) is 9.85. The first-order valence-corrected chi connectivity index (χ1v) is 14.7. The predicted molar refractivity (Wildman–Crippen MR) is 169 cm³/mol. The van der Waals surface area contributed by atoms with Crippen LogP contribution in [0.1, 0.15) is 34.8 Å². The smallest absolute Gasteiger partial charge is 0.272 e. The summed E-state index contributed by atoms with van der Waals surface area (Å²) < 4.78 is 10.7. The maximum Gasteiger partial charge on any atom is 0.272 e. The van der Waals surface area contributed by atoms with Crippen LogP contribution in [0.3, 0.4) is 0 Å². The lowest BCUT2D eigenvalue weighted by Gasteiger charge is -2.16. The van der Waals surface area contributed by atoms with E-state index in [0.717, 1.165) is 16.0 Å². The standard InChI is InChI=1S/C34H31N3O5S/c1-3-31(34(40)36-26-15-16-29-30(20-26)42-21-41-29)43-27-14-8-13-25(19-27)35-33(39)28(18-23-10-7-9-22(2)17-23)37-32(38)24-11-5-4-6-12-24/h4-20,31H,3,21H2,1-2H3,(H,35,39)(H,36,40)(H,37,38)/b28-18+. The van der Waals surface area contributed by atoms with Crippen molar-refractivity contribution in [1.29, 1.82) is 0 Å². The molecular weight excluding hydrogens is 562 g/mol. The van der Waals surface area contributed by atoms with Gasteiger partial charge in [0.25, 0.3) is 11.8 Å². The highest BCUT2D eigenvalue weighted by atomic mass is 32.2. The zero-order valence-electron chi connectivity index (χ0n) is 23.8. The molecule has 43 heavy (non-hydrogen) atoms. The molecule has 9 heteroatoms. The van der Waals surface area contributed by atoms with Gasteiger partial charge in [0.05, 0.1) is 5.25 Å². The molecule has 0 bridgehead atoms. The van der Waals surface area contributed by atoms with Gasteiger partial charge in [-0.25, -0.2) is 0 Å². The number of benzene rings is 4. The van der Waals surface area contributed by atoms with Crippen LogP contribution in [-0.2, 0) is 9.59 Å². The lowest BCUT2D eigenvalue weighted by molar-refractivity contribution is -0.116. The van der Waals surface area contributed by atoms with E-state index in [-0.39, 0.29) is 23.6 Å². The van der Waals surface area contributed by atoms with E-state index in [1.165, 1.54) is 11.8 Å². The summed E-state index contributed by atoms with van der Waals surface area (Å²) in [6.07, 6.45) is 2.24. The number of carbonyl (C=O) groups is 3. The van der Waals surface area contributed by atoms with Crippen LogP contribution in [0.4, 0.5) is 11.4 Å². The molecule has 3 N–H and O–H groups in total. The van der Waals surface area contributed by atoms with Crippen LogP contribution in [0, 0.1) is 6.92 Å². The Bertz CT molecular complexity index is 1670. The molecular formula is C34H31N3O5S. The number of anilines is 2. The highest BCUT2D eigenvalue weighted by Gasteiger charge is 2.21. The lowest BCUT2D eigenvalue weighted by atomic mass is 10.1. The third-order valence-electron chi connectivity index (χ3n) is 6.56. The number of ether oxygens (including phenoxy) is 2. The molecule has 5 rings (SSSR count). The monoisotopic (exact) mass is 593 g/mol. The van der Waals surface area contributed by atoms with Crippen LogP contribution in [0.2, 0.25) is 0 Å². The van der Waals surface area contributed by atoms with Gasteiger partial charge in [-0.1, -0.05) is 61.0 Å². The van der Waals surface area contributed by atoms with Gasteiger partial charge in [-0.15, -0.1) is 11.8 Å². The van der Waals surface area contributed by atoms with Crippen LogP contribution >= 0.6 is 11.8 Å². The van der Waals surface area contributed by atoms with Crippen molar-refractivity contribution in [2.45, 2.75) is 30.4 Å². The summed E-state index contributed by atoms with van der Waals surface area (Å²) in [4.78, 5) is 40.3. The fourth-order valence-corrected chi connectivity index (χ4v) is 5.41. The van der Waals surface area contributed by atoms with Crippen molar-refractivity contribution < 1.29 is 23.9 Å². The number of fused-ring (bicyclic) bond motifs is 1. The van der Waals surface area contributed by atoms with Gasteiger partial charge in [-0.05, 0) is 67.4 Å². The van der Waals surface area contributed by atoms with Gasteiger partial charge < -0.3 is 25.4 Å². The molecule has 0 saturated heterocycles. The van der Waals surface area contributed by atoms with Crippen molar-refractivity contribution in [2.75, 3.05) is 17.4 Å². The second kappa shape index (κ2) is 13.8. The van der Waals surface area contributed by atoms with Crippen molar-refractivity contribution in [3.05, 3.63) is 119 Å². The fraction of sp³-hybridized carbons (Fsp3) is 0.147. The number of rotatable bonds is 10. The van der Waals surface area contributed by atoms with E-state index in [1.54, 1.807) is 54.6 Å². The van der Waals surface area contributed by atoms with E-state index in [4.69, 9.17) is 9.47 Å². The van der Waals surface area contributed by atoms with Gasteiger partial charge in [0.1, 0.15) is 5.70 Å². The molecule has 0 spiro atoms. The van der Waals surface area contributed by atoms with E-state index < -0.39 is 11.8 Å². The summed E-state index contributed by atoms with van der Waals surface area (Å²) >= 11 is 1.40. The summed E-state index contributed by atoms with van der Waals surface area (Å²) in [5, 5.41) is 8.24. The normalized spacial score (nSPS) is 12.7. The third kappa shape index (κ3) is 7.84. The van der Waals surface area contributed by atoms with Gasteiger partial charge in [0, 0.05) is 27.9 Å². The van der Waals surface area contributed by atoms with E-state index >= 15 is 0 Å². The average Bonchev–Trinajstić information content (AvgIpc) is 3.48. The molecule has 1 atom stereocenters. The van der Waals surface area contributed by atoms with E-state index in [9.17, 15) is 14.4 Å². The van der Waals surface area contributed by atoms with Crippen LogP contribution in [0.15, 0.2) is 108 Å². The molecule has 3 amide bonds. The summed E-state index contributed by atoms with van der Waals surface area (Å²) in [6.45, 7) is 4.07. The highest BCUT2D eigenvalue weighted by molar-refractivity contribution is 8.00. The number of thioether (sulfide) groups is 1. The van der Waals surface area contributed by atoms with E-state index in [2.05, 4.69) is 16.0 Å². The maximum absolute atomic E-state index is 13.5. The molecule has 0 radical (unpaired) electrons. The second-order valence-corrected chi connectivity index (χ2v) is 11.1. The summed E-state index contributed by atoms with van der Waals surface area (Å²) in [5.41, 5.74) is 3.51. The minimum absolute atomic E-state index is 0.104. The van der Waals surface area contributed by atoms with Gasteiger partial charge in [-0.3, -0.25) is 14.4 Å². The highest BCUT2D eigenvalue weighted by Crippen LogP contribution is 2.35. The third-order valence-corrected chi connectivity index (χ3v) is 7.91. The number of nitrogens with one attached hydrogen (secondary N) is 3. The Kier molecular flexibility index (Phi) is 9.43. The Hall–Kier alpha value is -5.02. The van der Waals surface area contributed by atoms with Gasteiger partial charge in [0.15, 0.2) is 11.5 Å². The summed E-state index contributed by atoms with van der Waals surface area (Å²) in [6, 6.07) is 28.9. The molecule has 1 unspecified atom stereocenters. The van der Waals surface area contributed by atoms with Gasteiger partial charge >= 0.3 is 0 Å². The fourth-order valence-electron chi connectivity index (χ4n) is 4.40. The molecule has 218 valence electrons. The Morgan fingerprint density at radius 1 is 0.837 bits per heavy atom. The molecule has 8 nitrogen and oxygen atoms in total. The molecule has 0 fully saturated rings. The SMILES string of the molecule is CCC(Sc1cccc(NC(=O)/C(=C\c2cccc(C)c2)NC(=O)c2ccccc2)c1)C(=O)Nc1ccc2c(c1)OCO2. The van der Waals surface area contributed by atoms with Crippen molar-refractivity contribution in [3.63, 3.8) is 0 Å². The van der Waals surface area contributed by atoms with Crippen molar-refractivity contribution >= 4 is 46.9 Å². The number of aryl methyl sites for hydroxylation is 1. The zero-order valence-corrected chi connectivity index (χ0v) is 24.6. The number of hydrogen-bond donors (Lipinski definition) is 3. The van der Waals surface area contributed by atoms with Gasteiger partial charge in [0.2, 0.25) is 12.7 Å². The van der Waals surface area contributed by atoms with E-state index in [1.807, 2.05) is 62.4 Å². The minimum atomic E-state index is -0.472. The quantitative estimate of drug-likeness (QED) is 0.141. The molecule has 1 aliphatic rings. The lowest BCUT2D eigenvalue weighted by Crippen LogP contribution is -2.30. The molecule has 4 aromatic rings. The van der Waals surface area contributed by atoms with Crippen molar-refractivity contribution in [1.82, 2.24) is 5.32 Å². The molecule has 0 saturated carbocycles. The molecule has 0 aliphatic carbocycles. The van der Waals surface area contributed by atoms with Gasteiger partial charge in [-0.2, -0.15) is 0 Å². The first-order valence-electron chi connectivity index (χ1n) is 13.8. The topological polar surface area (TPSA) is 106 Å². The molecule has 4 aromatic carbocycles. The number of carbonyl (C=O) groups excluding carboxylic acids is 3. The average molecular weight is 594 g/mol. The largest absolute Gasteiger partial charge is 0.454 e. The van der Waals surface area contributed by atoms with Crippen LogP contribution in [-0.4, -0.2) is 29.8 Å². The zero-order chi connectivity index (χ0) is 30.2. The minimum Gasteiger partial charge on any atom is -0.454 e. The Morgan fingerprint density at radius 3 is 2.40 bits per heavy atom. The first-order chi connectivity index (χ1) is 20.9. The number of hydrogen-bond acceptors (Lipinski definition) is 6. The number of amides is 3. The molecule has 1 aliphatic heterocycles. The van der Waals surface area contributed by atoms with Crippen molar-refractivity contribution in [2.24, 2.45) is 0 Å². The predicted octanol–water partition coefficient (Wildman–Crippen LogP) is 6.64. The van der Waals surface area contributed by atoms with Crippen molar-refractivity contribution in [3.8, 4) is 11.5 Å². The Labute approximate surface area is 254 Å². The molecule has 1 heterocycles. The van der Waals surface area contributed by atoms with Crippen LogP contribution in [0.5, 0.6) is 11.5 Å². The Balaban J connectivity index is 1.29. The Morgan fingerprint density at radius 2 is 1.60 bits per heavy atom. The first kappa shape index (κ1) is 29.5. The molecule has 0 aromatic heterocycles. The summed E-state index contributed by atoms with van der Waals surface area (Å²) in [5.74, 6) is 0.235. The van der Waals surface area contributed by atoms with Crippen LogP contribution in [0.25, 0.3) is 6.08 Å². The maximum atomic E-state index is 13.5.